The zero-order chi connectivity index (χ0) is 14.9. The zero-order valence-electron chi connectivity index (χ0n) is 11.4. The smallest absolute Gasteiger partial charge is 0.230 e. The van der Waals surface area contributed by atoms with Crippen molar-refractivity contribution in [2.45, 2.75) is 5.03 Å². The van der Waals surface area contributed by atoms with Crippen LogP contribution in [0.5, 0.6) is 5.75 Å². The Bertz CT molecular complexity index is 580. The van der Waals surface area contributed by atoms with Crippen LogP contribution in [-0.4, -0.2) is 34.8 Å². The summed E-state index contributed by atoms with van der Waals surface area (Å²) in [5.74, 6) is 1.27. The molecule has 1 amide bonds. The minimum absolute atomic E-state index is 0.0956. The number of benzene rings is 1. The first kappa shape index (κ1) is 15.1. The highest BCUT2D eigenvalue weighted by Crippen LogP contribution is 2.18. The molecule has 1 aromatic heterocycles. The highest BCUT2D eigenvalue weighted by Gasteiger charge is 2.06. The molecule has 3 N–H and O–H groups in total. The molecule has 21 heavy (non-hydrogen) atoms. The molecule has 110 valence electrons. The Balaban J connectivity index is 1.63. The van der Waals surface area contributed by atoms with E-state index < -0.39 is 0 Å². The molecule has 0 saturated carbocycles. The van der Waals surface area contributed by atoms with Crippen molar-refractivity contribution < 1.29 is 9.53 Å². The maximum atomic E-state index is 11.7. The molecule has 7 heteroatoms. The van der Waals surface area contributed by atoms with E-state index >= 15 is 0 Å². The van der Waals surface area contributed by atoms with Gasteiger partial charge in [-0.05, 0) is 12.1 Å². The molecule has 0 aliphatic carbocycles. The number of nitrogen functional groups attached to an aromatic ring is 1. The number of rotatable bonds is 7. The number of amides is 1. The number of para-hydroxylation sites is 1. The van der Waals surface area contributed by atoms with Gasteiger partial charge in [0.1, 0.15) is 17.4 Å². The van der Waals surface area contributed by atoms with E-state index in [0.717, 1.165) is 5.75 Å². The Morgan fingerprint density at radius 3 is 2.76 bits per heavy atom. The molecule has 0 saturated heterocycles. The number of anilines is 1. The number of thioether (sulfide) groups is 1. The van der Waals surface area contributed by atoms with Crippen LogP contribution in [0.1, 0.15) is 0 Å². The summed E-state index contributed by atoms with van der Waals surface area (Å²) in [6.07, 6.45) is 3.06. The molecule has 0 fully saturated rings. The monoisotopic (exact) mass is 304 g/mol. The van der Waals surface area contributed by atoms with Crippen LogP contribution in [0.3, 0.4) is 0 Å². The second-order valence-corrected chi connectivity index (χ2v) is 5.01. The van der Waals surface area contributed by atoms with Crippen molar-refractivity contribution in [1.82, 2.24) is 15.3 Å². The van der Waals surface area contributed by atoms with Gasteiger partial charge in [-0.1, -0.05) is 30.0 Å². The van der Waals surface area contributed by atoms with Gasteiger partial charge < -0.3 is 15.8 Å². The highest BCUT2D eigenvalue weighted by atomic mass is 32.2. The first-order chi connectivity index (χ1) is 10.3. The lowest BCUT2D eigenvalue weighted by atomic mass is 10.3. The van der Waals surface area contributed by atoms with E-state index in [1.807, 2.05) is 30.3 Å². The van der Waals surface area contributed by atoms with Gasteiger partial charge in [-0.2, -0.15) is 0 Å². The predicted octanol–water partition coefficient (Wildman–Crippen LogP) is 1.35. The van der Waals surface area contributed by atoms with Crippen LogP contribution in [0.4, 0.5) is 5.82 Å². The van der Waals surface area contributed by atoms with Crippen molar-refractivity contribution in [1.29, 1.82) is 0 Å². The number of carbonyl (C=O) groups is 1. The lowest BCUT2D eigenvalue weighted by molar-refractivity contribution is -0.118. The molecule has 0 radical (unpaired) electrons. The molecule has 2 aromatic rings. The topological polar surface area (TPSA) is 90.1 Å². The van der Waals surface area contributed by atoms with Gasteiger partial charge in [-0.25, -0.2) is 9.97 Å². The number of hydrogen-bond acceptors (Lipinski definition) is 6. The fraction of sp³-hybridized carbons (Fsp3) is 0.214. The quantitative estimate of drug-likeness (QED) is 0.593. The van der Waals surface area contributed by atoms with E-state index in [4.69, 9.17) is 10.5 Å². The normalized spacial score (nSPS) is 10.1. The Hall–Kier alpha value is -2.28. The third-order valence-electron chi connectivity index (χ3n) is 2.47. The Morgan fingerprint density at radius 2 is 2.00 bits per heavy atom. The molecule has 0 unspecified atom stereocenters. The Kier molecular flexibility index (Phi) is 5.83. The maximum absolute atomic E-state index is 11.7. The molecule has 0 aliphatic heterocycles. The molecule has 1 aromatic carbocycles. The van der Waals surface area contributed by atoms with Gasteiger partial charge in [0, 0.05) is 12.4 Å². The second kappa shape index (κ2) is 8.11. The van der Waals surface area contributed by atoms with Crippen LogP contribution in [0.25, 0.3) is 0 Å². The Labute approximate surface area is 127 Å². The van der Waals surface area contributed by atoms with Crippen molar-refractivity contribution >= 4 is 23.5 Å². The minimum Gasteiger partial charge on any atom is -0.492 e. The second-order valence-electron chi connectivity index (χ2n) is 4.05. The van der Waals surface area contributed by atoms with E-state index in [0.29, 0.717) is 24.0 Å². The van der Waals surface area contributed by atoms with Gasteiger partial charge in [-0.15, -0.1) is 0 Å². The highest BCUT2D eigenvalue weighted by molar-refractivity contribution is 8.00. The first-order valence-electron chi connectivity index (χ1n) is 6.39. The lowest BCUT2D eigenvalue weighted by Gasteiger charge is -2.07. The van der Waals surface area contributed by atoms with Crippen LogP contribution in [0, 0.1) is 0 Å². The zero-order valence-corrected chi connectivity index (χ0v) is 12.2. The van der Waals surface area contributed by atoms with E-state index in [1.54, 1.807) is 6.20 Å². The van der Waals surface area contributed by atoms with Crippen LogP contribution < -0.4 is 15.8 Å². The summed E-state index contributed by atoms with van der Waals surface area (Å²) in [5.41, 5.74) is 5.65. The fourth-order valence-electron chi connectivity index (χ4n) is 1.51. The van der Waals surface area contributed by atoms with Gasteiger partial charge in [0.25, 0.3) is 0 Å². The van der Waals surface area contributed by atoms with Crippen molar-refractivity contribution in [3.05, 3.63) is 42.7 Å². The molecule has 2 rings (SSSR count). The SMILES string of the molecule is Nc1nccnc1SCC(=O)NCCOc1ccccc1. The molecule has 0 spiro atoms. The summed E-state index contributed by atoms with van der Waals surface area (Å²) < 4.78 is 5.47. The van der Waals surface area contributed by atoms with E-state index in [-0.39, 0.29) is 11.7 Å². The third-order valence-corrected chi connectivity index (χ3v) is 3.46. The average molecular weight is 304 g/mol. The molecule has 0 bridgehead atoms. The minimum atomic E-state index is -0.0956. The van der Waals surface area contributed by atoms with Crippen molar-refractivity contribution in [2.75, 3.05) is 24.6 Å². The first-order valence-corrected chi connectivity index (χ1v) is 7.38. The summed E-state index contributed by atoms with van der Waals surface area (Å²) in [4.78, 5) is 19.6. The summed E-state index contributed by atoms with van der Waals surface area (Å²) >= 11 is 1.26. The van der Waals surface area contributed by atoms with E-state index in [1.165, 1.54) is 18.0 Å². The summed E-state index contributed by atoms with van der Waals surface area (Å²) in [5, 5.41) is 3.33. The van der Waals surface area contributed by atoms with Crippen molar-refractivity contribution in [3.8, 4) is 5.75 Å². The number of nitrogens with two attached hydrogens (primary N) is 1. The Morgan fingerprint density at radius 1 is 1.24 bits per heavy atom. The van der Waals surface area contributed by atoms with Crippen molar-refractivity contribution in [2.24, 2.45) is 0 Å². The van der Waals surface area contributed by atoms with Gasteiger partial charge in [0.15, 0.2) is 5.82 Å². The van der Waals surface area contributed by atoms with E-state index in [9.17, 15) is 4.79 Å². The number of nitrogens with one attached hydrogen (secondary N) is 1. The number of aromatic nitrogens is 2. The number of ether oxygens (including phenoxy) is 1. The standard InChI is InChI=1S/C14H16N4O2S/c15-13-14(18-7-6-17-13)21-10-12(19)16-8-9-20-11-4-2-1-3-5-11/h1-7H,8-10H2,(H2,15,17)(H,16,19). The van der Waals surface area contributed by atoms with Crippen LogP contribution in [0.15, 0.2) is 47.8 Å². The molecular formula is C14H16N4O2S. The summed E-state index contributed by atoms with van der Waals surface area (Å²) in [7, 11) is 0. The fourth-order valence-corrected chi connectivity index (χ4v) is 2.21. The molecule has 1 heterocycles. The summed E-state index contributed by atoms with van der Waals surface area (Å²) in [6, 6.07) is 9.46. The number of nitrogens with zero attached hydrogens (tertiary/aromatic N) is 2. The average Bonchev–Trinajstić information content (AvgIpc) is 2.52. The van der Waals surface area contributed by atoms with Crippen LogP contribution >= 0.6 is 11.8 Å². The summed E-state index contributed by atoms with van der Waals surface area (Å²) in [6.45, 7) is 0.873. The molecule has 0 atom stereocenters. The van der Waals surface area contributed by atoms with Crippen molar-refractivity contribution in [3.63, 3.8) is 0 Å². The van der Waals surface area contributed by atoms with Gasteiger partial charge in [0.05, 0.1) is 12.3 Å². The number of carbonyl (C=O) groups excluding carboxylic acids is 1. The predicted molar refractivity (Wildman–Crippen MR) is 82.1 cm³/mol. The third kappa shape index (κ3) is 5.31. The van der Waals surface area contributed by atoms with Gasteiger partial charge in [-0.3, -0.25) is 4.79 Å². The number of hydrogen-bond donors (Lipinski definition) is 2. The van der Waals surface area contributed by atoms with Gasteiger partial charge in [0.2, 0.25) is 5.91 Å². The molecule has 0 aliphatic rings. The molecule has 6 nitrogen and oxygen atoms in total. The van der Waals surface area contributed by atoms with Crippen LogP contribution in [0.2, 0.25) is 0 Å². The lowest BCUT2D eigenvalue weighted by Crippen LogP contribution is -2.29. The van der Waals surface area contributed by atoms with Crippen LogP contribution in [-0.2, 0) is 4.79 Å². The molecular weight excluding hydrogens is 288 g/mol. The maximum Gasteiger partial charge on any atom is 0.230 e. The van der Waals surface area contributed by atoms with Gasteiger partial charge >= 0.3 is 0 Å². The largest absolute Gasteiger partial charge is 0.492 e. The van der Waals surface area contributed by atoms with E-state index in [2.05, 4.69) is 15.3 Å².